The summed E-state index contributed by atoms with van der Waals surface area (Å²) in [6, 6.07) is 16.8. The third kappa shape index (κ3) is 3.80. The summed E-state index contributed by atoms with van der Waals surface area (Å²) in [5.74, 6) is -0.200. The van der Waals surface area contributed by atoms with Gasteiger partial charge in [-0.3, -0.25) is 9.59 Å². The molecule has 34 heavy (non-hydrogen) atoms. The van der Waals surface area contributed by atoms with Crippen molar-refractivity contribution in [1.29, 1.82) is 0 Å². The zero-order valence-electron chi connectivity index (χ0n) is 18.4. The van der Waals surface area contributed by atoms with Crippen LogP contribution in [0.4, 0.5) is 0 Å². The molecular formula is C26H20BrNO6. The first kappa shape index (κ1) is 22.0. The van der Waals surface area contributed by atoms with Crippen molar-refractivity contribution in [3.05, 3.63) is 99.3 Å². The molecule has 0 saturated carbocycles. The summed E-state index contributed by atoms with van der Waals surface area (Å²) in [6.07, 6.45) is 0. The van der Waals surface area contributed by atoms with E-state index in [1.807, 2.05) is 18.2 Å². The van der Waals surface area contributed by atoms with Gasteiger partial charge in [0, 0.05) is 16.4 Å². The number of rotatable bonds is 6. The van der Waals surface area contributed by atoms with Gasteiger partial charge in [-0.05, 0) is 61.0 Å². The number of Topliss-reactive ketones (excluding diaryl/α,β-unsaturated/α-hetero) is 1. The smallest absolute Gasteiger partial charge is 0.290 e. The summed E-state index contributed by atoms with van der Waals surface area (Å²) >= 11 is 3.41. The van der Waals surface area contributed by atoms with Crippen molar-refractivity contribution >= 4 is 38.6 Å². The van der Waals surface area contributed by atoms with Gasteiger partial charge in [0.15, 0.2) is 11.5 Å². The molecular weight excluding hydrogens is 502 g/mol. The van der Waals surface area contributed by atoms with Gasteiger partial charge in [0.1, 0.15) is 28.9 Å². The van der Waals surface area contributed by atoms with Crippen molar-refractivity contribution < 1.29 is 28.3 Å². The number of aliphatic hydroxyl groups excluding tert-OH is 1. The van der Waals surface area contributed by atoms with Crippen molar-refractivity contribution in [3.8, 4) is 5.75 Å². The Morgan fingerprint density at radius 2 is 1.94 bits per heavy atom. The summed E-state index contributed by atoms with van der Waals surface area (Å²) in [4.78, 5) is 28.2. The first-order valence-electron chi connectivity index (χ1n) is 10.5. The van der Waals surface area contributed by atoms with Gasteiger partial charge in [0.2, 0.25) is 5.78 Å². The largest absolute Gasteiger partial charge is 0.503 e. The van der Waals surface area contributed by atoms with Crippen molar-refractivity contribution in [3.63, 3.8) is 0 Å². The lowest BCUT2D eigenvalue weighted by Crippen LogP contribution is -2.30. The van der Waals surface area contributed by atoms with Gasteiger partial charge in [0.25, 0.3) is 5.91 Å². The first-order valence-corrected chi connectivity index (χ1v) is 11.3. The summed E-state index contributed by atoms with van der Waals surface area (Å²) in [7, 11) is 1.56. The second-order valence-corrected chi connectivity index (χ2v) is 8.94. The molecule has 4 aromatic rings. The third-order valence-corrected chi connectivity index (χ3v) is 6.26. The molecule has 1 unspecified atom stereocenters. The Balaban J connectivity index is 1.57. The maximum Gasteiger partial charge on any atom is 0.290 e. The Morgan fingerprint density at radius 3 is 2.68 bits per heavy atom. The van der Waals surface area contributed by atoms with Gasteiger partial charge in [-0.15, -0.1) is 0 Å². The number of amides is 1. The van der Waals surface area contributed by atoms with E-state index in [4.69, 9.17) is 13.6 Å². The molecule has 1 amide bonds. The Kier molecular flexibility index (Phi) is 5.53. The Morgan fingerprint density at radius 1 is 1.12 bits per heavy atom. The topological polar surface area (TPSA) is 93.1 Å². The van der Waals surface area contributed by atoms with Crippen LogP contribution in [0, 0.1) is 6.92 Å². The number of benzene rings is 2. The van der Waals surface area contributed by atoms with E-state index in [0.717, 1.165) is 15.4 Å². The molecule has 1 aliphatic heterocycles. The zero-order chi connectivity index (χ0) is 24.0. The number of carbonyl (C=O) groups excluding carboxylic acids is 2. The van der Waals surface area contributed by atoms with Gasteiger partial charge >= 0.3 is 0 Å². The predicted octanol–water partition coefficient (Wildman–Crippen LogP) is 5.88. The van der Waals surface area contributed by atoms with Crippen LogP contribution in [0.5, 0.6) is 5.75 Å². The van der Waals surface area contributed by atoms with E-state index in [9.17, 15) is 14.7 Å². The number of fused-ring (bicyclic) bond motifs is 1. The summed E-state index contributed by atoms with van der Waals surface area (Å²) in [6.45, 7) is 1.91. The average molecular weight is 522 g/mol. The Labute approximate surface area is 203 Å². The van der Waals surface area contributed by atoms with Crippen molar-refractivity contribution in [2.45, 2.75) is 19.5 Å². The number of hydrogen-bond acceptors (Lipinski definition) is 6. The predicted molar refractivity (Wildman–Crippen MR) is 128 cm³/mol. The summed E-state index contributed by atoms with van der Waals surface area (Å²) < 4.78 is 17.7. The molecule has 1 N–H and O–H groups in total. The van der Waals surface area contributed by atoms with Crippen LogP contribution in [0.15, 0.2) is 85.3 Å². The molecule has 172 valence electrons. The number of methoxy groups -OCH3 is 1. The molecule has 0 bridgehead atoms. The fourth-order valence-electron chi connectivity index (χ4n) is 4.17. The van der Waals surface area contributed by atoms with Crippen molar-refractivity contribution in [2.75, 3.05) is 7.11 Å². The normalized spacial score (nSPS) is 16.0. The lowest BCUT2D eigenvalue weighted by Gasteiger charge is -2.25. The van der Waals surface area contributed by atoms with Crippen molar-refractivity contribution in [2.24, 2.45) is 0 Å². The summed E-state index contributed by atoms with van der Waals surface area (Å²) in [5.41, 5.74) is 1.21. The van der Waals surface area contributed by atoms with Crippen molar-refractivity contribution in [1.82, 2.24) is 4.90 Å². The maximum atomic E-state index is 13.6. The van der Waals surface area contributed by atoms with Crippen LogP contribution >= 0.6 is 15.9 Å². The Bertz CT molecular complexity index is 1460. The standard InChI is InChI=1S/C26H20BrNO6/c1-14-6-8-20(33-14)23-22(24(29)21-12-16-11-17(27)7-9-19(16)34-21)25(30)26(31)28(23)13-15-4-3-5-18(10-15)32-2/h3-12,23,30H,13H2,1-2H3. The van der Waals surface area contributed by atoms with Crippen LogP contribution in [-0.4, -0.2) is 28.8 Å². The van der Waals surface area contributed by atoms with Crippen LogP contribution in [-0.2, 0) is 11.3 Å². The maximum absolute atomic E-state index is 13.6. The minimum Gasteiger partial charge on any atom is -0.503 e. The van der Waals surface area contributed by atoms with Crippen LogP contribution in [0.3, 0.4) is 0 Å². The number of aliphatic hydroxyl groups is 1. The second-order valence-electron chi connectivity index (χ2n) is 8.02. The van der Waals surface area contributed by atoms with Gasteiger partial charge in [-0.1, -0.05) is 28.1 Å². The zero-order valence-corrected chi connectivity index (χ0v) is 20.0. The van der Waals surface area contributed by atoms with Gasteiger partial charge in [0.05, 0.1) is 12.7 Å². The molecule has 2 aromatic carbocycles. The van der Waals surface area contributed by atoms with E-state index < -0.39 is 23.5 Å². The van der Waals surface area contributed by atoms with E-state index >= 15 is 0 Å². The molecule has 0 fully saturated rings. The number of nitrogens with zero attached hydrogens (tertiary/aromatic N) is 1. The lowest BCUT2D eigenvalue weighted by molar-refractivity contribution is -0.130. The molecule has 8 heteroatoms. The number of furan rings is 2. The van der Waals surface area contributed by atoms with E-state index in [2.05, 4.69) is 15.9 Å². The third-order valence-electron chi connectivity index (χ3n) is 5.77. The Hall–Kier alpha value is -3.78. The van der Waals surface area contributed by atoms with Gasteiger partial charge in [-0.2, -0.15) is 0 Å². The number of halogens is 1. The van der Waals surface area contributed by atoms with E-state index in [-0.39, 0.29) is 17.9 Å². The molecule has 0 aliphatic carbocycles. The van der Waals surface area contributed by atoms with Crippen LogP contribution in [0.1, 0.15) is 33.7 Å². The number of ketones is 1. The quantitative estimate of drug-likeness (QED) is 0.318. The number of ether oxygens (including phenoxy) is 1. The monoisotopic (exact) mass is 521 g/mol. The average Bonchev–Trinajstić information content (AvgIpc) is 3.51. The fourth-order valence-corrected chi connectivity index (χ4v) is 4.55. The molecule has 2 aromatic heterocycles. The molecule has 1 atom stereocenters. The molecule has 0 radical (unpaired) electrons. The highest BCUT2D eigenvalue weighted by Crippen LogP contribution is 2.41. The van der Waals surface area contributed by atoms with Crippen LogP contribution in [0.2, 0.25) is 0 Å². The molecule has 5 rings (SSSR count). The molecule has 7 nitrogen and oxygen atoms in total. The summed E-state index contributed by atoms with van der Waals surface area (Å²) in [5, 5.41) is 11.6. The fraction of sp³-hybridized carbons (Fsp3) is 0.154. The van der Waals surface area contributed by atoms with E-state index in [1.54, 1.807) is 56.5 Å². The molecule has 3 heterocycles. The SMILES string of the molecule is COc1cccc(CN2C(=O)C(O)=C(C(=O)c3cc4cc(Br)ccc4o3)C2c2ccc(C)o2)c1. The molecule has 0 spiro atoms. The molecule has 0 saturated heterocycles. The second kappa shape index (κ2) is 8.53. The van der Waals surface area contributed by atoms with Crippen LogP contribution < -0.4 is 4.74 Å². The van der Waals surface area contributed by atoms with Gasteiger partial charge in [-0.25, -0.2) is 0 Å². The lowest BCUT2D eigenvalue weighted by atomic mass is 9.99. The van der Waals surface area contributed by atoms with E-state index in [0.29, 0.717) is 22.9 Å². The minimum atomic E-state index is -0.917. The molecule has 1 aliphatic rings. The first-order chi connectivity index (χ1) is 16.4. The highest BCUT2D eigenvalue weighted by atomic mass is 79.9. The minimum absolute atomic E-state index is 0.0268. The number of carbonyl (C=O) groups is 2. The number of aryl methyl sites for hydroxylation is 1. The van der Waals surface area contributed by atoms with E-state index in [1.165, 1.54) is 4.90 Å². The number of hydrogen-bond donors (Lipinski definition) is 1. The van der Waals surface area contributed by atoms with Gasteiger partial charge < -0.3 is 23.6 Å². The van der Waals surface area contributed by atoms with Crippen LogP contribution in [0.25, 0.3) is 11.0 Å². The highest BCUT2D eigenvalue weighted by molar-refractivity contribution is 9.10. The highest BCUT2D eigenvalue weighted by Gasteiger charge is 2.46.